The Morgan fingerprint density at radius 2 is 2.04 bits per heavy atom. The number of nitrogens with one attached hydrogen (secondary N) is 1. The molecule has 0 aromatic carbocycles. The Morgan fingerprint density at radius 3 is 2.61 bits per heavy atom. The fourth-order valence-electron chi connectivity index (χ4n) is 5.17. The van der Waals surface area contributed by atoms with Crippen LogP contribution in [0.15, 0.2) is 0 Å². The van der Waals surface area contributed by atoms with E-state index in [-0.39, 0.29) is 23.5 Å². The third-order valence-corrected chi connectivity index (χ3v) is 7.18. The van der Waals surface area contributed by atoms with E-state index < -0.39 is 5.60 Å². The molecule has 2 N–H and O–H groups in total. The number of nitrogens with zero attached hydrogens (tertiary/aromatic N) is 2. The summed E-state index contributed by atoms with van der Waals surface area (Å²) in [6.07, 6.45) is 6.53. The van der Waals surface area contributed by atoms with Crippen molar-refractivity contribution in [2.24, 2.45) is 5.41 Å². The molecule has 0 bridgehead atoms. The number of aliphatic hydroxyl groups is 1. The molecule has 156 valence electrons. The molecule has 28 heavy (non-hydrogen) atoms. The summed E-state index contributed by atoms with van der Waals surface area (Å²) in [5.74, 6) is -0.0969. The van der Waals surface area contributed by atoms with Crippen LogP contribution in [-0.2, 0) is 22.4 Å². The van der Waals surface area contributed by atoms with E-state index in [4.69, 9.17) is 9.47 Å². The van der Waals surface area contributed by atoms with Gasteiger partial charge in [0.25, 0.3) is 5.91 Å². The van der Waals surface area contributed by atoms with Gasteiger partial charge in [-0.3, -0.25) is 9.48 Å². The maximum Gasteiger partial charge on any atom is 0.269 e. The summed E-state index contributed by atoms with van der Waals surface area (Å²) in [6.45, 7) is 5.58. The van der Waals surface area contributed by atoms with Gasteiger partial charge >= 0.3 is 0 Å². The second kappa shape index (κ2) is 7.43. The summed E-state index contributed by atoms with van der Waals surface area (Å²) in [5.41, 5.74) is 1.73. The van der Waals surface area contributed by atoms with Crippen molar-refractivity contribution in [2.45, 2.75) is 83.1 Å². The minimum absolute atomic E-state index is 0.0581. The first-order chi connectivity index (χ1) is 13.4. The van der Waals surface area contributed by atoms with Gasteiger partial charge in [-0.15, -0.1) is 0 Å². The lowest BCUT2D eigenvalue weighted by atomic mass is 9.52. The largest absolute Gasteiger partial charge is 0.389 e. The Morgan fingerprint density at radius 1 is 1.32 bits per heavy atom. The van der Waals surface area contributed by atoms with E-state index in [0.29, 0.717) is 31.8 Å². The maximum atomic E-state index is 13.3. The number of ether oxygens (including phenoxy) is 2. The van der Waals surface area contributed by atoms with Gasteiger partial charge in [0.15, 0.2) is 0 Å². The first-order valence-electron chi connectivity index (χ1n) is 10.6. The van der Waals surface area contributed by atoms with Crippen LogP contribution in [0.3, 0.4) is 0 Å². The van der Waals surface area contributed by atoms with Crippen molar-refractivity contribution in [1.82, 2.24) is 15.1 Å². The lowest BCUT2D eigenvalue weighted by Crippen LogP contribution is -2.61. The highest BCUT2D eigenvalue weighted by atomic mass is 16.5. The van der Waals surface area contributed by atoms with Crippen LogP contribution < -0.4 is 5.32 Å². The molecule has 0 spiro atoms. The minimum atomic E-state index is -0.592. The SMILES string of the molecule is COCCn1nc2c(c1C(=O)NCC1(C3(O)CCC3)CCC1)C[C@H](C)O[C@@H]2C. The summed E-state index contributed by atoms with van der Waals surface area (Å²) in [5, 5.41) is 18.8. The number of carbonyl (C=O) groups is 1. The third kappa shape index (κ3) is 3.17. The molecule has 2 aliphatic carbocycles. The van der Waals surface area contributed by atoms with Crippen LogP contribution in [0.4, 0.5) is 0 Å². The highest BCUT2D eigenvalue weighted by Crippen LogP contribution is 2.56. The first kappa shape index (κ1) is 19.9. The van der Waals surface area contributed by atoms with Gasteiger partial charge in [0, 0.05) is 31.1 Å². The number of amides is 1. The van der Waals surface area contributed by atoms with Crippen molar-refractivity contribution in [1.29, 1.82) is 0 Å². The molecule has 0 radical (unpaired) electrons. The van der Waals surface area contributed by atoms with Crippen LogP contribution >= 0.6 is 0 Å². The summed E-state index contributed by atoms with van der Waals surface area (Å²) in [7, 11) is 1.65. The topological polar surface area (TPSA) is 85.6 Å². The van der Waals surface area contributed by atoms with Gasteiger partial charge in [-0.2, -0.15) is 5.10 Å². The summed E-state index contributed by atoms with van der Waals surface area (Å²) in [4.78, 5) is 13.3. The number of aromatic nitrogens is 2. The molecule has 2 atom stereocenters. The Balaban J connectivity index is 1.56. The molecular formula is C21H33N3O4. The molecule has 2 heterocycles. The molecule has 4 rings (SSSR count). The molecule has 0 saturated heterocycles. The van der Waals surface area contributed by atoms with E-state index in [2.05, 4.69) is 10.4 Å². The van der Waals surface area contributed by atoms with Crippen molar-refractivity contribution in [2.75, 3.05) is 20.3 Å². The minimum Gasteiger partial charge on any atom is -0.389 e. The second-order valence-corrected chi connectivity index (χ2v) is 8.92. The molecule has 7 heteroatoms. The van der Waals surface area contributed by atoms with Gasteiger partial charge in [-0.25, -0.2) is 0 Å². The van der Waals surface area contributed by atoms with Gasteiger partial charge < -0.3 is 19.9 Å². The molecule has 3 aliphatic rings. The highest BCUT2D eigenvalue weighted by Gasteiger charge is 2.56. The summed E-state index contributed by atoms with van der Waals surface area (Å²) < 4.78 is 12.9. The van der Waals surface area contributed by atoms with Crippen molar-refractivity contribution >= 4 is 5.91 Å². The zero-order valence-corrected chi connectivity index (χ0v) is 17.3. The van der Waals surface area contributed by atoms with E-state index in [9.17, 15) is 9.90 Å². The molecule has 1 aromatic rings. The van der Waals surface area contributed by atoms with Gasteiger partial charge in [-0.1, -0.05) is 6.42 Å². The second-order valence-electron chi connectivity index (χ2n) is 8.92. The zero-order chi connectivity index (χ0) is 19.9. The number of fused-ring (bicyclic) bond motifs is 1. The Labute approximate surface area is 166 Å². The van der Waals surface area contributed by atoms with E-state index >= 15 is 0 Å². The zero-order valence-electron chi connectivity index (χ0n) is 17.3. The van der Waals surface area contributed by atoms with Crippen LogP contribution in [0.25, 0.3) is 0 Å². The predicted octanol–water partition coefficient (Wildman–Crippen LogP) is 2.37. The lowest BCUT2D eigenvalue weighted by molar-refractivity contribution is -0.171. The monoisotopic (exact) mass is 391 g/mol. The first-order valence-corrected chi connectivity index (χ1v) is 10.6. The highest BCUT2D eigenvalue weighted by molar-refractivity contribution is 5.94. The quantitative estimate of drug-likeness (QED) is 0.745. The van der Waals surface area contributed by atoms with Gasteiger partial charge in [0.05, 0.1) is 36.7 Å². The molecular weight excluding hydrogens is 358 g/mol. The standard InChI is InChI=1S/C21H33N3O4/c1-14-12-16-17(15(2)28-14)23-24(10-11-27-3)18(16)19(25)22-13-20(6-4-7-20)21(26)8-5-9-21/h14-15,26H,4-13H2,1-3H3,(H,22,25)/t14-,15+/m0/s1. The average molecular weight is 392 g/mol. The molecule has 7 nitrogen and oxygen atoms in total. The molecule has 1 aliphatic heterocycles. The van der Waals surface area contributed by atoms with E-state index in [1.165, 1.54) is 0 Å². The molecule has 0 unspecified atom stereocenters. The van der Waals surface area contributed by atoms with Crippen LogP contribution in [0.2, 0.25) is 0 Å². The summed E-state index contributed by atoms with van der Waals surface area (Å²) in [6, 6.07) is 0. The molecule has 2 fully saturated rings. The summed E-state index contributed by atoms with van der Waals surface area (Å²) >= 11 is 0. The van der Waals surface area contributed by atoms with Crippen LogP contribution in [0, 0.1) is 5.41 Å². The number of methoxy groups -OCH3 is 1. The van der Waals surface area contributed by atoms with Gasteiger partial charge in [0.1, 0.15) is 5.69 Å². The van der Waals surface area contributed by atoms with Crippen LogP contribution in [0.1, 0.15) is 80.2 Å². The van der Waals surface area contributed by atoms with Crippen molar-refractivity contribution < 1.29 is 19.4 Å². The molecule has 1 aromatic heterocycles. The fourth-order valence-corrected chi connectivity index (χ4v) is 5.17. The fraction of sp³-hybridized carbons (Fsp3) is 0.810. The third-order valence-electron chi connectivity index (χ3n) is 7.18. The van der Waals surface area contributed by atoms with Gasteiger partial charge in [-0.05, 0) is 46.0 Å². The Hall–Kier alpha value is -1.44. The number of hydrogen-bond acceptors (Lipinski definition) is 5. The van der Waals surface area contributed by atoms with Crippen LogP contribution in [0.5, 0.6) is 0 Å². The van der Waals surface area contributed by atoms with Crippen molar-refractivity contribution in [3.05, 3.63) is 17.0 Å². The molecule has 1 amide bonds. The Bertz CT molecular complexity index is 736. The average Bonchev–Trinajstić information content (AvgIpc) is 2.95. The molecule has 2 saturated carbocycles. The number of hydrogen-bond donors (Lipinski definition) is 2. The van der Waals surface area contributed by atoms with Crippen LogP contribution in [-0.4, -0.2) is 52.8 Å². The van der Waals surface area contributed by atoms with E-state index in [0.717, 1.165) is 49.8 Å². The van der Waals surface area contributed by atoms with E-state index in [1.807, 2.05) is 13.8 Å². The van der Waals surface area contributed by atoms with Gasteiger partial charge in [0.2, 0.25) is 0 Å². The normalized spacial score (nSPS) is 27.4. The smallest absolute Gasteiger partial charge is 0.269 e. The predicted molar refractivity (Wildman–Crippen MR) is 104 cm³/mol. The van der Waals surface area contributed by atoms with E-state index in [1.54, 1.807) is 11.8 Å². The Kier molecular flexibility index (Phi) is 5.27. The van der Waals surface area contributed by atoms with Crippen molar-refractivity contribution in [3.63, 3.8) is 0 Å². The lowest BCUT2D eigenvalue weighted by Gasteiger charge is -2.57. The number of carbonyl (C=O) groups excluding carboxylic acids is 1. The van der Waals surface area contributed by atoms with Crippen molar-refractivity contribution in [3.8, 4) is 0 Å². The number of rotatable bonds is 7. The maximum absolute atomic E-state index is 13.3.